The van der Waals surface area contributed by atoms with Crippen molar-refractivity contribution in [3.8, 4) is 0 Å². The van der Waals surface area contributed by atoms with Gasteiger partial charge in [-0.2, -0.15) is 0 Å². The Hall–Kier alpha value is -0.210. The fourth-order valence-electron chi connectivity index (χ4n) is 9.35. The molecule has 0 aromatic carbocycles. The van der Waals surface area contributed by atoms with Gasteiger partial charge < -0.3 is 0 Å². The van der Waals surface area contributed by atoms with E-state index in [-0.39, 0.29) is 11.8 Å². The van der Waals surface area contributed by atoms with Crippen molar-refractivity contribution in [3.05, 3.63) is 0 Å². The highest BCUT2D eigenvalue weighted by molar-refractivity contribution is 4.93. The summed E-state index contributed by atoms with van der Waals surface area (Å²) in [5, 5.41) is 0. The first-order valence-corrected chi connectivity index (χ1v) is 16.9. The summed E-state index contributed by atoms with van der Waals surface area (Å²) in [5.74, 6) is 3.47. The van der Waals surface area contributed by atoms with Crippen molar-refractivity contribution in [2.24, 2.45) is 47.3 Å². The largest absolute Gasteiger partial charge is 0.247 e. The Kier molecular flexibility index (Phi) is 12.0. The van der Waals surface area contributed by atoms with Gasteiger partial charge in [0.05, 0.1) is 0 Å². The summed E-state index contributed by atoms with van der Waals surface area (Å²) < 4.78 is 45.4. The van der Waals surface area contributed by atoms with Gasteiger partial charge in [-0.05, 0) is 118 Å². The second-order valence-corrected chi connectivity index (χ2v) is 14.2. The predicted molar refractivity (Wildman–Crippen MR) is 151 cm³/mol. The standard InChI is InChI=1S/C34H59F3/c1-3-5-6-8-28-19-20-30(23-32(28)35)26-14-9-25(10-15-26)13-18-29-21-22-31(34(37)33(29)36)27-16-11-24(7-4-2)12-17-27/h24-34H,3-23H2,1-2H3/t24?,25?,26?,27?,28?,29?,30?,31?,32?,33-,34?/m0/s1. The van der Waals surface area contributed by atoms with Crippen molar-refractivity contribution < 1.29 is 13.2 Å². The Labute approximate surface area is 227 Å². The molecule has 0 spiro atoms. The van der Waals surface area contributed by atoms with E-state index >= 15 is 8.78 Å². The lowest BCUT2D eigenvalue weighted by atomic mass is 9.65. The van der Waals surface area contributed by atoms with Crippen LogP contribution in [0.5, 0.6) is 0 Å². The summed E-state index contributed by atoms with van der Waals surface area (Å²) in [5.41, 5.74) is 0. The number of alkyl halides is 3. The van der Waals surface area contributed by atoms with Gasteiger partial charge in [-0.15, -0.1) is 0 Å². The second-order valence-electron chi connectivity index (χ2n) is 14.2. The molecule has 4 saturated carbocycles. The van der Waals surface area contributed by atoms with Gasteiger partial charge in [0.2, 0.25) is 0 Å². The maximum atomic E-state index is 15.3. The van der Waals surface area contributed by atoms with Crippen LogP contribution in [0.3, 0.4) is 0 Å². The molecule has 6 unspecified atom stereocenters. The van der Waals surface area contributed by atoms with Crippen molar-refractivity contribution in [2.45, 2.75) is 167 Å². The molecule has 4 rings (SSSR count). The van der Waals surface area contributed by atoms with Crippen LogP contribution in [0.15, 0.2) is 0 Å². The third kappa shape index (κ3) is 8.15. The van der Waals surface area contributed by atoms with Crippen molar-refractivity contribution in [1.29, 1.82) is 0 Å². The fourth-order valence-corrected chi connectivity index (χ4v) is 9.35. The topological polar surface area (TPSA) is 0 Å². The SMILES string of the molecule is CCCCCC1CCC(C2CCC(CCC3CCC(C4CCC(CCC)CC4)C(F)[C@H]3F)CC2)CC1F. The third-order valence-corrected chi connectivity index (χ3v) is 11.9. The molecule has 3 heteroatoms. The van der Waals surface area contributed by atoms with Crippen LogP contribution in [0.2, 0.25) is 0 Å². The summed E-state index contributed by atoms with van der Waals surface area (Å²) in [6.45, 7) is 4.48. The first kappa shape index (κ1) is 29.8. The molecule has 7 atom stereocenters. The summed E-state index contributed by atoms with van der Waals surface area (Å²) in [7, 11) is 0. The molecule has 0 aliphatic heterocycles. The van der Waals surface area contributed by atoms with Crippen LogP contribution in [0, 0.1) is 47.3 Å². The number of hydrogen-bond acceptors (Lipinski definition) is 0. The minimum Gasteiger partial charge on any atom is -0.247 e. The molecule has 4 aliphatic rings. The Morgan fingerprint density at radius 2 is 1.11 bits per heavy atom. The number of halogens is 3. The highest BCUT2D eigenvalue weighted by atomic mass is 19.2. The van der Waals surface area contributed by atoms with Crippen LogP contribution in [0.1, 0.15) is 149 Å². The van der Waals surface area contributed by atoms with Crippen molar-refractivity contribution >= 4 is 0 Å². The van der Waals surface area contributed by atoms with Crippen LogP contribution in [0.25, 0.3) is 0 Å². The van der Waals surface area contributed by atoms with Gasteiger partial charge in [-0.25, -0.2) is 13.2 Å². The van der Waals surface area contributed by atoms with E-state index in [4.69, 9.17) is 0 Å². The van der Waals surface area contributed by atoms with Gasteiger partial charge in [0.1, 0.15) is 18.5 Å². The van der Waals surface area contributed by atoms with E-state index in [1.807, 2.05) is 0 Å². The molecule has 0 aromatic rings. The molecule has 4 aliphatic carbocycles. The second kappa shape index (κ2) is 15.0. The molecule has 0 bridgehead atoms. The molecule has 0 nitrogen and oxygen atoms in total. The molecule has 0 amide bonds. The maximum absolute atomic E-state index is 15.3. The van der Waals surface area contributed by atoms with E-state index in [9.17, 15) is 4.39 Å². The van der Waals surface area contributed by atoms with Crippen LogP contribution in [0.4, 0.5) is 13.2 Å². The van der Waals surface area contributed by atoms with Gasteiger partial charge in [0, 0.05) is 0 Å². The van der Waals surface area contributed by atoms with Gasteiger partial charge in [-0.3, -0.25) is 0 Å². The van der Waals surface area contributed by atoms with Gasteiger partial charge in [0.25, 0.3) is 0 Å². The minimum absolute atomic E-state index is 0.0228. The molecule has 37 heavy (non-hydrogen) atoms. The smallest absolute Gasteiger partial charge is 0.134 e. The van der Waals surface area contributed by atoms with E-state index in [0.717, 1.165) is 63.7 Å². The molecule has 4 fully saturated rings. The van der Waals surface area contributed by atoms with Crippen LogP contribution >= 0.6 is 0 Å². The quantitative estimate of drug-likeness (QED) is 0.236. The van der Waals surface area contributed by atoms with E-state index < -0.39 is 18.5 Å². The first-order valence-electron chi connectivity index (χ1n) is 16.9. The van der Waals surface area contributed by atoms with Gasteiger partial charge >= 0.3 is 0 Å². The molecule has 0 radical (unpaired) electrons. The average Bonchev–Trinajstić information content (AvgIpc) is 2.92. The van der Waals surface area contributed by atoms with E-state index in [2.05, 4.69) is 13.8 Å². The number of hydrogen-bond donors (Lipinski definition) is 0. The summed E-state index contributed by atoms with van der Waals surface area (Å²) >= 11 is 0. The highest BCUT2D eigenvalue weighted by Gasteiger charge is 2.44. The molecular formula is C34H59F3. The highest BCUT2D eigenvalue weighted by Crippen LogP contribution is 2.47. The summed E-state index contributed by atoms with van der Waals surface area (Å²) in [6, 6.07) is 0. The average molecular weight is 525 g/mol. The van der Waals surface area contributed by atoms with Gasteiger partial charge in [-0.1, -0.05) is 78.1 Å². The number of rotatable bonds is 11. The summed E-state index contributed by atoms with van der Waals surface area (Å²) in [6.07, 6.45) is 20.8. The van der Waals surface area contributed by atoms with Crippen molar-refractivity contribution in [3.63, 3.8) is 0 Å². The molecule has 0 aromatic heterocycles. The molecule has 0 heterocycles. The molecule has 0 saturated heterocycles. The minimum atomic E-state index is -1.24. The number of unbranched alkanes of at least 4 members (excludes halogenated alkanes) is 2. The Balaban J connectivity index is 1.13. The first-order chi connectivity index (χ1) is 18.0. The normalized spacial score (nSPS) is 43.5. The molecule has 0 N–H and O–H groups in total. The molecular weight excluding hydrogens is 465 g/mol. The zero-order chi connectivity index (χ0) is 26.2. The van der Waals surface area contributed by atoms with Crippen LogP contribution < -0.4 is 0 Å². The Morgan fingerprint density at radius 3 is 1.76 bits per heavy atom. The lowest BCUT2D eigenvalue weighted by molar-refractivity contribution is -0.0164. The van der Waals surface area contributed by atoms with Crippen molar-refractivity contribution in [1.82, 2.24) is 0 Å². The predicted octanol–water partition coefficient (Wildman–Crippen LogP) is 11.2. The zero-order valence-electron chi connectivity index (χ0n) is 24.3. The van der Waals surface area contributed by atoms with Crippen molar-refractivity contribution in [2.75, 3.05) is 0 Å². The Bertz CT molecular complexity index is 621. The lowest BCUT2D eigenvalue weighted by Gasteiger charge is -2.42. The van der Waals surface area contributed by atoms with E-state index in [0.29, 0.717) is 29.6 Å². The molecule has 216 valence electrons. The van der Waals surface area contributed by atoms with E-state index in [1.54, 1.807) is 0 Å². The summed E-state index contributed by atoms with van der Waals surface area (Å²) in [4.78, 5) is 0. The van der Waals surface area contributed by atoms with E-state index in [1.165, 1.54) is 77.0 Å². The fraction of sp³-hybridized carbons (Fsp3) is 1.00. The Morgan fingerprint density at radius 1 is 0.486 bits per heavy atom. The van der Waals surface area contributed by atoms with Crippen LogP contribution in [-0.4, -0.2) is 18.5 Å². The van der Waals surface area contributed by atoms with Crippen LogP contribution in [-0.2, 0) is 0 Å². The lowest BCUT2D eigenvalue weighted by Crippen LogP contribution is -2.42. The maximum Gasteiger partial charge on any atom is 0.134 e. The monoisotopic (exact) mass is 524 g/mol. The zero-order valence-corrected chi connectivity index (χ0v) is 24.3. The third-order valence-electron chi connectivity index (χ3n) is 11.9. The van der Waals surface area contributed by atoms with Gasteiger partial charge in [0.15, 0.2) is 0 Å².